The van der Waals surface area contributed by atoms with Crippen molar-refractivity contribution in [3.05, 3.63) is 42.0 Å². The van der Waals surface area contributed by atoms with Crippen LogP contribution in [-0.2, 0) is 7.05 Å². The van der Waals surface area contributed by atoms with E-state index in [1.54, 1.807) is 0 Å². The molecule has 0 spiro atoms. The van der Waals surface area contributed by atoms with Crippen LogP contribution in [0.5, 0.6) is 5.75 Å². The van der Waals surface area contributed by atoms with Gasteiger partial charge in [-0.15, -0.1) is 11.3 Å². The molecule has 3 heteroatoms. The van der Waals surface area contributed by atoms with Gasteiger partial charge >= 0.3 is 0 Å². The predicted molar refractivity (Wildman–Crippen MR) is 119 cm³/mol. The van der Waals surface area contributed by atoms with Gasteiger partial charge in [0.05, 0.1) is 16.8 Å². The molecule has 4 rings (SSSR count). The standard InChI is InChI=1S/C24H29NOS/c1-4-5-6-7-8-9-14-26-18-11-13-20-22(16-18)27-24-19-12-10-17(2)15-21(19)25(3)23(20)24/h10-13,15-16H,4-9,14H2,1-3H3. The third-order valence-electron chi connectivity index (χ3n) is 5.50. The normalized spacial score (nSPS) is 11.8. The predicted octanol–water partition coefficient (Wildman–Crippen LogP) is 7.59. The average molecular weight is 380 g/mol. The van der Waals surface area contributed by atoms with Crippen LogP contribution in [0.2, 0.25) is 0 Å². The van der Waals surface area contributed by atoms with Gasteiger partial charge in [-0.2, -0.15) is 0 Å². The van der Waals surface area contributed by atoms with Gasteiger partial charge in [-0.05, 0) is 43.2 Å². The van der Waals surface area contributed by atoms with Gasteiger partial charge in [-0.1, -0.05) is 51.2 Å². The molecule has 2 aromatic carbocycles. The van der Waals surface area contributed by atoms with Crippen molar-refractivity contribution in [3.63, 3.8) is 0 Å². The van der Waals surface area contributed by atoms with Crippen molar-refractivity contribution in [2.45, 2.75) is 52.4 Å². The highest BCUT2D eigenvalue weighted by atomic mass is 32.1. The number of fused-ring (bicyclic) bond motifs is 5. The topological polar surface area (TPSA) is 14.2 Å². The van der Waals surface area contributed by atoms with Gasteiger partial charge in [0.2, 0.25) is 0 Å². The Bertz CT molecular complexity index is 1070. The molecule has 0 atom stereocenters. The summed E-state index contributed by atoms with van der Waals surface area (Å²) in [5, 5.41) is 2.69. The zero-order chi connectivity index (χ0) is 18.8. The molecule has 2 aromatic heterocycles. The molecule has 0 amide bonds. The number of nitrogens with zero attached hydrogens (tertiary/aromatic N) is 1. The highest BCUT2D eigenvalue weighted by Crippen LogP contribution is 2.41. The number of rotatable bonds is 8. The fraction of sp³-hybridized carbons (Fsp3) is 0.417. The zero-order valence-electron chi connectivity index (χ0n) is 16.7. The summed E-state index contributed by atoms with van der Waals surface area (Å²) >= 11 is 1.88. The summed E-state index contributed by atoms with van der Waals surface area (Å²) in [5.74, 6) is 1.00. The van der Waals surface area contributed by atoms with Crippen LogP contribution in [0.15, 0.2) is 36.4 Å². The fourth-order valence-corrected chi connectivity index (χ4v) is 5.27. The Labute approximate surface area is 165 Å². The SMILES string of the molecule is CCCCCCCCOc1ccc2c(c1)sc1c3ccc(C)cc3n(C)c21. The maximum atomic E-state index is 6.03. The van der Waals surface area contributed by atoms with E-state index in [2.05, 4.69) is 61.9 Å². The van der Waals surface area contributed by atoms with Gasteiger partial charge in [-0.25, -0.2) is 0 Å². The lowest BCUT2D eigenvalue weighted by molar-refractivity contribution is 0.305. The second-order valence-corrected chi connectivity index (χ2v) is 8.69. The first kappa shape index (κ1) is 18.4. The number of ether oxygens (including phenoxy) is 1. The molecule has 2 heterocycles. The number of aryl methyl sites for hydroxylation is 2. The molecule has 0 radical (unpaired) electrons. The second kappa shape index (κ2) is 7.93. The molecule has 0 bridgehead atoms. The zero-order valence-corrected chi connectivity index (χ0v) is 17.5. The summed E-state index contributed by atoms with van der Waals surface area (Å²) in [7, 11) is 2.18. The third kappa shape index (κ3) is 3.58. The minimum atomic E-state index is 0.824. The van der Waals surface area contributed by atoms with E-state index in [1.165, 1.54) is 68.9 Å². The smallest absolute Gasteiger partial charge is 0.120 e. The van der Waals surface area contributed by atoms with E-state index in [1.807, 2.05) is 11.3 Å². The Balaban J connectivity index is 1.53. The molecule has 0 saturated carbocycles. The Morgan fingerprint density at radius 1 is 0.926 bits per heavy atom. The summed E-state index contributed by atoms with van der Waals surface area (Å²) in [5.41, 5.74) is 3.98. The van der Waals surface area contributed by atoms with E-state index in [0.717, 1.165) is 18.8 Å². The van der Waals surface area contributed by atoms with Crippen LogP contribution in [0, 0.1) is 6.92 Å². The van der Waals surface area contributed by atoms with Gasteiger partial charge in [0.15, 0.2) is 0 Å². The number of hydrogen-bond acceptors (Lipinski definition) is 2. The van der Waals surface area contributed by atoms with E-state index in [9.17, 15) is 0 Å². The first-order valence-corrected chi connectivity index (χ1v) is 11.0. The third-order valence-corrected chi connectivity index (χ3v) is 6.67. The molecule has 0 aliphatic heterocycles. The number of aromatic nitrogens is 1. The molecule has 27 heavy (non-hydrogen) atoms. The Hall–Kier alpha value is -2.00. The molecule has 142 valence electrons. The van der Waals surface area contributed by atoms with Gasteiger partial charge < -0.3 is 9.30 Å². The Morgan fingerprint density at radius 2 is 1.70 bits per heavy atom. The van der Waals surface area contributed by atoms with Gasteiger partial charge in [0.1, 0.15) is 5.75 Å². The average Bonchev–Trinajstić information content (AvgIpc) is 3.16. The minimum Gasteiger partial charge on any atom is -0.494 e. The maximum Gasteiger partial charge on any atom is 0.120 e. The molecule has 0 fully saturated rings. The van der Waals surface area contributed by atoms with Crippen molar-refractivity contribution < 1.29 is 4.74 Å². The lowest BCUT2D eigenvalue weighted by atomic mass is 10.1. The van der Waals surface area contributed by atoms with Crippen LogP contribution in [0.25, 0.3) is 31.2 Å². The van der Waals surface area contributed by atoms with E-state index in [-0.39, 0.29) is 0 Å². The van der Waals surface area contributed by atoms with Crippen LogP contribution in [0.3, 0.4) is 0 Å². The summed E-state index contributed by atoms with van der Waals surface area (Å²) in [4.78, 5) is 0. The van der Waals surface area contributed by atoms with Crippen LogP contribution in [0.1, 0.15) is 51.0 Å². The van der Waals surface area contributed by atoms with Crippen molar-refractivity contribution in [1.82, 2.24) is 4.57 Å². The molecule has 0 saturated heterocycles. The minimum absolute atomic E-state index is 0.824. The van der Waals surface area contributed by atoms with Crippen molar-refractivity contribution >= 4 is 42.5 Å². The number of unbranched alkanes of at least 4 members (excludes halogenated alkanes) is 5. The van der Waals surface area contributed by atoms with E-state index in [4.69, 9.17) is 4.74 Å². The quantitative estimate of drug-likeness (QED) is 0.288. The summed E-state index contributed by atoms with van der Waals surface area (Å²) < 4.78 is 11.1. The van der Waals surface area contributed by atoms with Gasteiger partial charge in [-0.3, -0.25) is 0 Å². The Morgan fingerprint density at radius 3 is 2.56 bits per heavy atom. The second-order valence-electron chi connectivity index (χ2n) is 7.63. The molecule has 0 N–H and O–H groups in total. The number of hydrogen-bond donors (Lipinski definition) is 0. The van der Waals surface area contributed by atoms with Crippen molar-refractivity contribution in [3.8, 4) is 5.75 Å². The Kier molecular flexibility index (Phi) is 5.40. The van der Waals surface area contributed by atoms with Gasteiger partial charge in [0, 0.05) is 28.0 Å². The molecule has 0 aliphatic carbocycles. The number of benzene rings is 2. The van der Waals surface area contributed by atoms with Gasteiger partial charge in [0.25, 0.3) is 0 Å². The molecule has 0 unspecified atom stereocenters. The van der Waals surface area contributed by atoms with E-state index in [0.29, 0.717) is 0 Å². The first-order valence-electron chi connectivity index (χ1n) is 10.2. The van der Waals surface area contributed by atoms with E-state index >= 15 is 0 Å². The lowest BCUT2D eigenvalue weighted by Gasteiger charge is -2.06. The van der Waals surface area contributed by atoms with E-state index < -0.39 is 0 Å². The molecule has 0 aliphatic rings. The monoisotopic (exact) mass is 379 g/mol. The maximum absolute atomic E-state index is 6.03. The van der Waals surface area contributed by atoms with Crippen LogP contribution >= 0.6 is 11.3 Å². The molecular weight excluding hydrogens is 350 g/mol. The highest BCUT2D eigenvalue weighted by Gasteiger charge is 2.15. The fourth-order valence-electron chi connectivity index (χ4n) is 3.97. The summed E-state index contributed by atoms with van der Waals surface area (Å²) in [6, 6.07) is 13.3. The van der Waals surface area contributed by atoms with Crippen molar-refractivity contribution in [1.29, 1.82) is 0 Å². The molecule has 4 aromatic rings. The van der Waals surface area contributed by atoms with Crippen molar-refractivity contribution in [2.75, 3.05) is 6.61 Å². The summed E-state index contributed by atoms with van der Waals surface area (Å²) in [6.07, 6.45) is 7.78. The first-order chi connectivity index (χ1) is 13.2. The summed E-state index contributed by atoms with van der Waals surface area (Å²) in [6.45, 7) is 5.24. The highest BCUT2D eigenvalue weighted by molar-refractivity contribution is 7.26. The molecule has 2 nitrogen and oxygen atoms in total. The molecular formula is C24H29NOS. The van der Waals surface area contributed by atoms with Crippen LogP contribution < -0.4 is 4.74 Å². The largest absolute Gasteiger partial charge is 0.494 e. The van der Waals surface area contributed by atoms with Crippen LogP contribution in [0.4, 0.5) is 0 Å². The lowest BCUT2D eigenvalue weighted by Crippen LogP contribution is -1.97. The van der Waals surface area contributed by atoms with Crippen LogP contribution in [-0.4, -0.2) is 11.2 Å². The van der Waals surface area contributed by atoms with Crippen molar-refractivity contribution in [2.24, 2.45) is 7.05 Å². The number of thiophene rings is 1.